The first-order valence-corrected chi connectivity index (χ1v) is 10.9. The second-order valence-electron chi connectivity index (χ2n) is 8.95. The highest BCUT2D eigenvalue weighted by atomic mass is 16.2. The molecule has 2 N–H and O–H groups in total. The molecule has 2 unspecified atom stereocenters. The molecule has 2 aliphatic heterocycles. The third-order valence-electron chi connectivity index (χ3n) is 6.86. The summed E-state index contributed by atoms with van der Waals surface area (Å²) in [6, 6.07) is 6.11. The zero-order chi connectivity index (χ0) is 20.5. The van der Waals surface area contributed by atoms with Crippen molar-refractivity contribution in [3.05, 3.63) is 35.4 Å². The van der Waals surface area contributed by atoms with E-state index < -0.39 is 12.1 Å². The largest absolute Gasteiger partial charge is 0.329 e. The molecule has 1 saturated carbocycles. The van der Waals surface area contributed by atoms with Gasteiger partial charge in [0.25, 0.3) is 5.91 Å². The lowest BCUT2D eigenvalue weighted by Crippen LogP contribution is -2.50. The number of hydrogen-bond donors (Lipinski definition) is 1. The first-order chi connectivity index (χ1) is 14.0. The Balaban J connectivity index is 1.44. The van der Waals surface area contributed by atoms with Gasteiger partial charge >= 0.3 is 0 Å². The van der Waals surface area contributed by atoms with Crippen molar-refractivity contribution in [2.24, 2.45) is 11.7 Å². The Morgan fingerprint density at radius 2 is 1.90 bits per heavy atom. The second-order valence-corrected chi connectivity index (χ2v) is 8.95. The average Bonchev–Trinajstić information content (AvgIpc) is 3.29. The summed E-state index contributed by atoms with van der Waals surface area (Å²) in [4.78, 5) is 42.1. The van der Waals surface area contributed by atoms with Gasteiger partial charge in [-0.1, -0.05) is 49.8 Å². The number of likely N-dealkylation sites (tertiary alicyclic amines) is 2. The molecule has 6 nitrogen and oxygen atoms in total. The molecule has 3 atom stereocenters. The van der Waals surface area contributed by atoms with E-state index in [2.05, 4.69) is 0 Å². The standard InChI is InChI=1S/C23H31N3O3/c1-15-6-5-9-17(12-15)22(28)26-14-20(27)21-19(26)10-11-25(21)23(29)18(24)13-16-7-3-2-4-8-16/h5-6,9,12,16,18-19,21H,2-4,7-8,10-11,13-14,24H2,1H3/t18-,19?,21?/m0/s1. The Morgan fingerprint density at radius 3 is 2.62 bits per heavy atom. The minimum atomic E-state index is -0.550. The number of carbonyl (C=O) groups excluding carboxylic acids is 3. The number of rotatable bonds is 4. The summed E-state index contributed by atoms with van der Waals surface area (Å²) in [5.74, 6) is 0.211. The van der Waals surface area contributed by atoms with Crippen LogP contribution in [0.4, 0.5) is 0 Å². The molecule has 0 bridgehead atoms. The molecular weight excluding hydrogens is 366 g/mol. The maximum atomic E-state index is 13.0. The molecule has 3 fully saturated rings. The highest BCUT2D eigenvalue weighted by Gasteiger charge is 2.52. The summed E-state index contributed by atoms with van der Waals surface area (Å²) in [5, 5.41) is 0. The molecule has 0 aromatic heterocycles. The van der Waals surface area contributed by atoms with Crippen LogP contribution in [0.25, 0.3) is 0 Å². The summed E-state index contributed by atoms with van der Waals surface area (Å²) < 4.78 is 0. The van der Waals surface area contributed by atoms with Gasteiger partial charge in [-0.05, 0) is 37.8 Å². The number of Topliss-reactive ketones (excluding diaryl/α,β-unsaturated/α-hetero) is 1. The van der Waals surface area contributed by atoms with Gasteiger partial charge in [-0.2, -0.15) is 0 Å². The maximum Gasteiger partial charge on any atom is 0.254 e. The van der Waals surface area contributed by atoms with E-state index in [0.717, 1.165) is 18.4 Å². The van der Waals surface area contributed by atoms with E-state index in [1.165, 1.54) is 19.3 Å². The highest BCUT2D eigenvalue weighted by Crippen LogP contribution is 2.33. The van der Waals surface area contributed by atoms with E-state index in [0.29, 0.717) is 30.9 Å². The number of ketones is 1. The van der Waals surface area contributed by atoms with Crippen LogP contribution in [0.1, 0.15) is 60.9 Å². The van der Waals surface area contributed by atoms with Crippen molar-refractivity contribution in [3.8, 4) is 0 Å². The predicted octanol–water partition coefficient (Wildman–Crippen LogP) is 2.29. The third-order valence-corrected chi connectivity index (χ3v) is 6.86. The SMILES string of the molecule is Cc1cccc(C(=O)N2CC(=O)C3C2CCN3C(=O)[C@@H](N)CC2CCCCC2)c1. The lowest BCUT2D eigenvalue weighted by atomic mass is 9.84. The molecule has 0 spiro atoms. The van der Waals surface area contributed by atoms with Gasteiger partial charge < -0.3 is 15.5 Å². The van der Waals surface area contributed by atoms with Crippen LogP contribution in [0, 0.1) is 12.8 Å². The molecule has 1 aromatic carbocycles. The van der Waals surface area contributed by atoms with Gasteiger partial charge in [0.1, 0.15) is 6.04 Å². The number of fused-ring (bicyclic) bond motifs is 1. The molecule has 1 aliphatic carbocycles. The molecular formula is C23H31N3O3. The zero-order valence-electron chi connectivity index (χ0n) is 17.2. The van der Waals surface area contributed by atoms with Crippen molar-refractivity contribution in [1.29, 1.82) is 0 Å². The number of benzene rings is 1. The van der Waals surface area contributed by atoms with E-state index in [1.807, 2.05) is 25.1 Å². The summed E-state index contributed by atoms with van der Waals surface area (Å²) >= 11 is 0. The van der Waals surface area contributed by atoms with Crippen molar-refractivity contribution >= 4 is 17.6 Å². The fourth-order valence-corrected chi connectivity index (χ4v) is 5.38. The lowest BCUT2D eigenvalue weighted by Gasteiger charge is -2.29. The number of nitrogens with zero attached hydrogens (tertiary/aromatic N) is 2. The average molecular weight is 398 g/mol. The predicted molar refractivity (Wildman–Crippen MR) is 110 cm³/mol. The van der Waals surface area contributed by atoms with Gasteiger partial charge in [-0.15, -0.1) is 0 Å². The molecule has 3 aliphatic rings. The fraction of sp³-hybridized carbons (Fsp3) is 0.609. The zero-order valence-corrected chi connectivity index (χ0v) is 17.2. The van der Waals surface area contributed by atoms with Crippen LogP contribution in [0.15, 0.2) is 24.3 Å². The maximum absolute atomic E-state index is 13.0. The first-order valence-electron chi connectivity index (χ1n) is 10.9. The number of hydrogen-bond acceptors (Lipinski definition) is 4. The van der Waals surface area contributed by atoms with Gasteiger partial charge in [0.05, 0.1) is 18.6 Å². The smallest absolute Gasteiger partial charge is 0.254 e. The minimum Gasteiger partial charge on any atom is -0.329 e. The Morgan fingerprint density at radius 1 is 1.14 bits per heavy atom. The normalized spacial score (nSPS) is 25.9. The third kappa shape index (κ3) is 3.95. The molecule has 2 saturated heterocycles. The topological polar surface area (TPSA) is 83.7 Å². The first kappa shape index (κ1) is 20.1. The van der Waals surface area contributed by atoms with Crippen LogP contribution in [0.2, 0.25) is 0 Å². The molecule has 29 heavy (non-hydrogen) atoms. The fourth-order valence-electron chi connectivity index (χ4n) is 5.38. The Bertz CT molecular complexity index is 802. The van der Waals surface area contributed by atoms with Crippen LogP contribution in [0.3, 0.4) is 0 Å². The monoisotopic (exact) mass is 397 g/mol. The Labute approximate surface area is 172 Å². The van der Waals surface area contributed by atoms with Crippen molar-refractivity contribution in [1.82, 2.24) is 9.80 Å². The second kappa shape index (κ2) is 8.27. The van der Waals surface area contributed by atoms with E-state index in [4.69, 9.17) is 5.73 Å². The van der Waals surface area contributed by atoms with Gasteiger partial charge in [-0.3, -0.25) is 14.4 Å². The summed E-state index contributed by atoms with van der Waals surface area (Å²) in [7, 11) is 0. The van der Waals surface area contributed by atoms with Crippen LogP contribution in [-0.2, 0) is 9.59 Å². The molecule has 156 valence electrons. The van der Waals surface area contributed by atoms with Crippen LogP contribution in [0.5, 0.6) is 0 Å². The van der Waals surface area contributed by atoms with Crippen molar-refractivity contribution in [2.45, 2.75) is 70.0 Å². The number of carbonyl (C=O) groups is 3. The number of aryl methyl sites for hydroxylation is 1. The van der Waals surface area contributed by atoms with Crippen LogP contribution < -0.4 is 5.73 Å². The molecule has 2 amide bonds. The van der Waals surface area contributed by atoms with E-state index in [-0.39, 0.29) is 30.2 Å². The lowest BCUT2D eigenvalue weighted by molar-refractivity contribution is -0.137. The van der Waals surface area contributed by atoms with Gasteiger partial charge in [0.2, 0.25) is 5.91 Å². The van der Waals surface area contributed by atoms with Crippen LogP contribution >= 0.6 is 0 Å². The van der Waals surface area contributed by atoms with Gasteiger partial charge in [0, 0.05) is 12.1 Å². The molecule has 1 aromatic rings. The summed E-state index contributed by atoms with van der Waals surface area (Å²) in [6.07, 6.45) is 7.33. The molecule has 2 heterocycles. The summed E-state index contributed by atoms with van der Waals surface area (Å²) in [5.41, 5.74) is 7.88. The summed E-state index contributed by atoms with van der Waals surface area (Å²) in [6.45, 7) is 2.51. The van der Waals surface area contributed by atoms with Crippen molar-refractivity contribution in [3.63, 3.8) is 0 Å². The van der Waals surface area contributed by atoms with E-state index >= 15 is 0 Å². The number of nitrogens with two attached hydrogens (primary N) is 1. The Kier molecular flexibility index (Phi) is 5.72. The minimum absolute atomic E-state index is 0.0493. The van der Waals surface area contributed by atoms with E-state index in [1.54, 1.807) is 15.9 Å². The highest BCUT2D eigenvalue weighted by molar-refractivity contribution is 6.02. The van der Waals surface area contributed by atoms with E-state index in [9.17, 15) is 14.4 Å². The Hall–Kier alpha value is -2.21. The van der Waals surface area contributed by atoms with Crippen molar-refractivity contribution < 1.29 is 14.4 Å². The van der Waals surface area contributed by atoms with Gasteiger partial charge in [-0.25, -0.2) is 0 Å². The van der Waals surface area contributed by atoms with Crippen LogP contribution in [-0.4, -0.2) is 58.6 Å². The quantitative estimate of drug-likeness (QED) is 0.845. The molecule has 6 heteroatoms. The van der Waals surface area contributed by atoms with Gasteiger partial charge in [0.15, 0.2) is 5.78 Å². The molecule has 4 rings (SSSR count). The molecule has 0 radical (unpaired) electrons. The number of amides is 2. The van der Waals surface area contributed by atoms with Crippen molar-refractivity contribution in [2.75, 3.05) is 13.1 Å².